The molecule has 0 unspecified atom stereocenters. The Morgan fingerprint density at radius 2 is 1.94 bits per heavy atom. The second-order valence-corrected chi connectivity index (χ2v) is 5.51. The van der Waals surface area contributed by atoms with Gasteiger partial charge < -0.3 is 16.0 Å². The van der Waals surface area contributed by atoms with Crippen LogP contribution in [0.5, 0.6) is 0 Å². The summed E-state index contributed by atoms with van der Waals surface area (Å²) in [5.41, 5.74) is 7.65. The van der Waals surface area contributed by atoms with E-state index in [9.17, 15) is 0 Å². The first-order chi connectivity index (χ1) is 8.65. The molecule has 0 radical (unpaired) electrons. The van der Waals surface area contributed by atoms with Crippen LogP contribution in [0.15, 0.2) is 24.3 Å². The second-order valence-electron chi connectivity index (χ2n) is 5.07. The lowest BCUT2D eigenvalue weighted by molar-refractivity contribution is 0.226. The molecule has 1 saturated heterocycles. The van der Waals surface area contributed by atoms with E-state index in [0.717, 1.165) is 23.7 Å². The minimum atomic E-state index is 0.455. The zero-order valence-corrected chi connectivity index (χ0v) is 11.7. The topological polar surface area (TPSA) is 41.3 Å². The van der Waals surface area contributed by atoms with Gasteiger partial charge >= 0.3 is 0 Å². The lowest BCUT2D eigenvalue weighted by Crippen LogP contribution is -2.32. The molecule has 4 heteroatoms. The van der Waals surface area contributed by atoms with E-state index >= 15 is 0 Å². The normalized spacial score (nSPS) is 17.6. The van der Waals surface area contributed by atoms with Crippen molar-refractivity contribution in [3.8, 4) is 0 Å². The van der Waals surface area contributed by atoms with Gasteiger partial charge in [0.25, 0.3) is 0 Å². The Morgan fingerprint density at radius 1 is 1.33 bits per heavy atom. The van der Waals surface area contributed by atoms with Crippen molar-refractivity contribution >= 4 is 22.9 Å². The fraction of sp³-hybridized carbons (Fsp3) is 0.500. The summed E-state index contributed by atoms with van der Waals surface area (Å²) in [6, 6.07) is 8.03. The number of likely N-dealkylation sites (tertiary alicyclic amines) is 1. The van der Waals surface area contributed by atoms with E-state index in [1.807, 2.05) is 24.3 Å². The van der Waals surface area contributed by atoms with E-state index < -0.39 is 0 Å². The van der Waals surface area contributed by atoms with E-state index in [0.29, 0.717) is 4.99 Å². The molecule has 1 aliphatic heterocycles. The van der Waals surface area contributed by atoms with E-state index in [1.54, 1.807) is 0 Å². The molecule has 18 heavy (non-hydrogen) atoms. The van der Waals surface area contributed by atoms with Crippen molar-refractivity contribution in [2.45, 2.75) is 12.8 Å². The molecule has 3 nitrogen and oxygen atoms in total. The molecule has 0 bridgehead atoms. The molecule has 2 rings (SSSR count). The van der Waals surface area contributed by atoms with Crippen LogP contribution < -0.4 is 11.1 Å². The van der Waals surface area contributed by atoms with Gasteiger partial charge in [0, 0.05) is 17.8 Å². The van der Waals surface area contributed by atoms with Crippen molar-refractivity contribution < 1.29 is 0 Å². The Hall–Kier alpha value is -1.13. The SMILES string of the molecule is CN1CCC(CNc2ccc(C(N)=S)cc2)CC1. The molecule has 1 fully saturated rings. The van der Waals surface area contributed by atoms with Crippen LogP contribution >= 0.6 is 12.2 Å². The number of piperidine rings is 1. The third-order valence-electron chi connectivity index (χ3n) is 3.60. The van der Waals surface area contributed by atoms with Crippen molar-refractivity contribution in [1.82, 2.24) is 4.90 Å². The van der Waals surface area contributed by atoms with Gasteiger partial charge in [-0.25, -0.2) is 0 Å². The predicted octanol–water partition coefficient (Wildman–Crippen LogP) is 2.07. The summed E-state index contributed by atoms with van der Waals surface area (Å²) in [6.07, 6.45) is 2.57. The lowest BCUT2D eigenvalue weighted by Gasteiger charge is -2.29. The summed E-state index contributed by atoms with van der Waals surface area (Å²) in [4.78, 5) is 2.85. The summed E-state index contributed by atoms with van der Waals surface area (Å²) >= 11 is 4.94. The molecule has 1 aromatic rings. The van der Waals surface area contributed by atoms with Crippen molar-refractivity contribution in [2.24, 2.45) is 11.7 Å². The Balaban J connectivity index is 1.81. The molecule has 0 spiro atoms. The Morgan fingerprint density at radius 3 is 2.50 bits per heavy atom. The predicted molar refractivity (Wildman–Crippen MR) is 81.0 cm³/mol. The molecule has 0 atom stereocenters. The Bertz CT molecular complexity index is 394. The smallest absolute Gasteiger partial charge is 0.103 e. The number of anilines is 1. The molecular weight excluding hydrogens is 242 g/mol. The number of nitrogens with one attached hydrogen (secondary N) is 1. The van der Waals surface area contributed by atoms with Gasteiger partial charge in [0.1, 0.15) is 4.99 Å². The third-order valence-corrected chi connectivity index (χ3v) is 3.84. The van der Waals surface area contributed by atoms with Crippen LogP contribution in [0.25, 0.3) is 0 Å². The van der Waals surface area contributed by atoms with Gasteiger partial charge in [0.05, 0.1) is 0 Å². The summed E-state index contributed by atoms with van der Waals surface area (Å²) in [6.45, 7) is 3.49. The molecule has 1 aliphatic rings. The fourth-order valence-corrected chi connectivity index (χ4v) is 2.42. The lowest BCUT2D eigenvalue weighted by atomic mass is 9.97. The van der Waals surface area contributed by atoms with Gasteiger partial charge in [-0.3, -0.25) is 0 Å². The molecular formula is C14H21N3S. The van der Waals surface area contributed by atoms with Gasteiger partial charge in [-0.15, -0.1) is 0 Å². The highest BCUT2D eigenvalue weighted by Crippen LogP contribution is 2.17. The van der Waals surface area contributed by atoms with Crippen LogP contribution in [0.4, 0.5) is 5.69 Å². The highest BCUT2D eigenvalue weighted by Gasteiger charge is 2.15. The van der Waals surface area contributed by atoms with E-state index in [-0.39, 0.29) is 0 Å². The minimum absolute atomic E-state index is 0.455. The number of benzene rings is 1. The van der Waals surface area contributed by atoms with E-state index in [4.69, 9.17) is 18.0 Å². The van der Waals surface area contributed by atoms with Gasteiger partial charge in [-0.2, -0.15) is 0 Å². The molecule has 3 N–H and O–H groups in total. The molecule has 0 aromatic heterocycles. The summed E-state index contributed by atoms with van der Waals surface area (Å²) in [7, 11) is 2.19. The molecule has 98 valence electrons. The average Bonchev–Trinajstić information content (AvgIpc) is 2.38. The van der Waals surface area contributed by atoms with Gasteiger partial charge in [0.2, 0.25) is 0 Å². The first-order valence-corrected chi connectivity index (χ1v) is 6.88. The van der Waals surface area contributed by atoms with Gasteiger partial charge in [0.15, 0.2) is 0 Å². The van der Waals surface area contributed by atoms with Crippen LogP contribution in [0.1, 0.15) is 18.4 Å². The summed E-state index contributed by atoms with van der Waals surface area (Å²) in [5, 5.41) is 3.49. The Kier molecular flexibility index (Phi) is 4.55. The molecule has 1 aromatic carbocycles. The quantitative estimate of drug-likeness (QED) is 0.816. The van der Waals surface area contributed by atoms with Crippen LogP contribution in [0, 0.1) is 5.92 Å². The van der Waals surface area contributed by atoms with Gasteiger partial charge in [-0.05, 0) is 63.2 Å². The maximum atomic E-state index is 5.57. The number of nitrogens with two attached hydrogens (primary N) is 1. The maximum Gasteiger partial charge on any atom is 0.103 e. The van der Waals surface area contributed by atoms with Crippen molar-refractivity contribution in [1.29, 1.82) is 0 Å². The average molecular weight is 263 g/mol. The zero-order valence-electron chi connectivity index (χ0n) is 10.9. The fourth-order valence-electron chi connectivity index (χ4n) is 2.28. The number of nitrogens with zero attached hydrogens (tertiary/aromatic N) is 1. The van der Waals surface area contributed by atoms with Crippen molar-refractivity contribution in [3.05, 3.63) is 29.8 Å². The van der Waals surface area contributed by atoms with Crippen LogP contribution in [0.2, 0.25) is 0 Å². The molecule has 1 heterocycles. The van der Waals surface area contributed by atoms with Crippen LogP contribution in [0.3, 0.4) is 0 Å². The Labute approximate surface area is 114 Å². The first kappa shape index (κ1) is 13.3. The number of rotatable bonds is 4. The molecule has 0 saturated carbocycles. The second kappa shape index (κ2) is 6.16. The highest BCUT2D eigenvalue weighted by molar-refractivity contribution is 7.80. The standard InChI is InChI=1S/C14H21N3S/c1-17-8-6-11(7-9-17)10-16-13-4-2-12(3-5-13)14(15)18/h2-5,11,16H,6-10H2,1H3,(H2,15,18). The van der Waals surface area contributed by atoms with Gasteiger partial charge in [-0.1, -0.05) is 12.2 Å². The molecule has 0 amide bonds. The summed E-state index contributed by atoms with van der Waals surface area (Å²) in [5.74, 6) is 0.788. The monoisotopic (exact) mass is 263 g/mol. The first-order valence-electron chi connectivity index (χ1n) is 6.47. The summed E-state index contributed by atoms with van der Waals surface area (Å²) < 4.78 is 0. The number of hydrogen-bond donors (Lipinski definition) is 2. The highest BCUT2D eigenvalue weighted by atomic mass is 32.1. The van der Waals surface area contributed by atoms with E-state index in [1.165, 1.54) is 25.9 Å². The number of hydrogen-bond acceptors (Lipinski definition) is 3. The maximum absolute atomic E-state index is 5.57. The third kappa shape index (κ3) is 3.68. The van der Waals surface area contributed by atoms with Crippen molar-refractivity contribution in [2.75, 3.05) is 32.0 Å². The zero-order chi connectivity index (χ0) is 13.0. The number of thiocarbonyl (C=S) groups is 1. The minimum Gasteiger partial charge on any atom is -0.389 e. The van der Waals surface area contributed by atoms with Crippen LogP contribution in [-0.2, 0) is 0 Å². The largest absolute Gasteiger partial charge is 0.389 e. The van der Waals surface area contributed by atoms with Crippen LogP contribution in [-0.4, -0.2) is 36.6 Å². The van der Waals surface area contributed by atoms with E-state index in [2.05, 4.69) is 17.3 Å². The molecule has 0 aliphatic carbocycles. The van der Waals surface area contributed by atoms with Crippen molar-refractivity contribution in [3.63, 3.8) is 0 Å².